The van der Waals surface area contributed by atoms with Gasteiger partial charge in [-0.15, -0.1) is 35.3 Å². The summed E-state index contributed by atoms with van der Waals surface area (Å²) in [4.78, 5) is 25.0. The number of thiazole rings is 1. The number of amides is 1. The molecule has 1 aromatic rings. The number of aromatic nitrogens is 1. The minimum absolute atomic E-state index is 0. The fourth-order valence-corrected chi connectivity index (χ4v) is 3.70. The van der Waals surface area contributed by atoms with E-state index in [-0.39, 0.29) is 36.0 Å². The van der Waals surface area contributed by atoms with Crippen molar-refractivity contribution in [2.75, 3.05) is 40.3 Å². The van der Waals surface area contributed by atoms with Crippen LogP contribution in [0.5, 0.6) is 0 Å². The summed E-state index contributed by atoms with van der Waals surface area (Å²) in [6.07, 6.45) is 2.60. The fourth-order valence-electron chi connectivity index (χ4n) is 2.86. The molecule has 154 valence electrons. The van der Waals surface area contributed by atoms with Gasteiger partial charge in [0, 0.05) is 52.1 Å². The van der Waals surface area contributed by atoms with Crippen molar-refractivity contribution in [3.05, 3.63) is 16.1 Å². The van der Waals surface area contributed by atoms with Gasteiger partial charge in [0.25, 0.3) is 0 Å². The molecule has 1 N–H and O–H groups in total. The lowest BCUT2D eigenvalue weighted by Crippen LogP contribution is -2.38. The number of ether oxygens (including phenoxy) is 1. The molecular weight excluding hydrogens is 477 g/mol. The van der Waals surface area contributed by atoms with Crippen molar-refractivity contribution in [1.29, 1.82) is 0 Å². The number of halogens is 1. The highest BCUT2D eigenvalue weighted by Crippen LogP contribution is 2.20. The second-order valence-corrected chi connectivity index (χ2v) is 7.37. The van der Waals surface area contributed by atoms with Crippen LogP contribution in [0.3, 0.4) is 0 Å². The Morgan fingerprint density at radius 3 is 2.96 bits per heavy atom. The number of methoxy groups -OCH3 is 1. The quantitative estimate of drug-likeness (QED) is 0.240. The zero-order valence-corrected chi connectivity index (χ0v) is 19.9. The molecule has 0 spiro atoms. The minimum atomic E-state index is 0. The maximum Gasteiger partial charge on any atom is 0.222 e. The molecule has 7 nitrogen and oxygen atoms in total. The predicted molar refractivity (Wildman–Crippen MR) is 121 cm³/mol. The van der Waals surface area contributed by atoms with E-state index in [1.54, 1.807) is 18.4 Å². The van der Waals surface area contributed by atoms with Crippen LogP contribution in [0.15, 0.2) is 10.4 Å². The number of carbonyl (C=O) groups is 1. The summed E-state index contributed by atoms with van der Waals surface area (Å²) < 4.78 is 5.33. The number of aliphatic imine (C=N–C) groups is 1. The first kappa shape index (κ1) is 24.1. The van der Waals surface area contributed by atoms with E-state index in [9.17, 15) is 4.79 Å². The van der Waals surface area contributed by atoms with Gasteiger partial charge in [0.2, 0.25) is 5.91 Å². The zero-order chi connectivity index (χ0) is 18.9. The van der Waals surface area contributed by atoms with Gasteiger partial charge >= 0.3 is 0 Å². The van der Waals surface area contributed by atoms with Crippen molar-refractivity contribution in [2.24, 2.45) is 4.99 Å². The molecule has 1 fully saturated rings. The van der Waals surface area contributed by atoms with Crippen LogP contribution >= 0.6 is 35.3 Å². The van der Waals surface area contributed by atoms with E-state index in [1.807, 2.05) is 18.9 Å². The van der Waals surface area contributed by atoms with Crippen molar-refractivity contribution in [2.45, 2.75) is 45.8 Å². The Hall–Kier alpha value is -0.940. The number of hydrogen-bond acceptors (Lipinski definition) is 5. The molecule has 1 unspecified atom stereocenters. The van der Waals surface area contributed by atoms with Crippen LogP contribution in [0.4, 0.5) is 0 Å². The molecule has 1 saturated heterocycles. The molecule has 1 aliphatic rings. The highest BCUT2D eigenvalue weighted by atomic mass is 127. The van der Waals surface area contributed by atoms with Crippen LogP contribution in [0, 0.1) is 0 Å². The largest absolute Gasteiger partial charge is 0.375 e. The Morgan fingerprint density at radius 1 is 1.56 bits per heavy atom. The van der Waals surface area contributed by atoms with Gasteiger partial charge in [0.1, 0.15) is 11.1 Å². The van der Waals surface area contributed by atoms with Crippen LogP contribution in [-0.2, 0) is 16.1 Å². The average molecular weight is 509 g/mol. The average Bonchev–Trinajstić information content (AvgIpc) is 3.26. The standard InChI is InChI=1S/C18H31N5O2S.HI/c1-5-19-18(20-9-7-11-23-10-6-8-16(23)24)22(3)12-15-13-26-17(21-15)14(2)25-4;/h13-14H,5-12H2,1-4H3,(H,19,20);1H. The summed E-state index contributed by atoms with van der Waals surface area (Å²) in [6.45, 7) is 7.99. The number of hydrogen-bond donors (Lipinski definition) is 1. The number of nitrogens with zero attached hydrogens (tertiary/aromatic N) is 4. The van der Waals surface area contributed by atoms with E-state index in [0.29, 0.717) is 19.5 Å². The van der Waals surface area contributed by atoms with Crippen molar-refractivity contribution >= 4 is 47.2 Å². The normalized spacial score (nSPS) is 15.6. The number of nitrogens with one attached hydrogen (secondary N) is 1. The second-order valence-electron chi connectivity index (χ2n) is 6.48. The molecule has 0 aliphatic carbocycles. The number of guanidine groups is 1. The van der Waals surface area contributed by atoms with E-state index in [1.165, 1.54) is 0 Å². The summed E-state index contributed by atoms with van der Waals surface area (Å²) in [5, 5.41) is 6.39. The third-order valence-electron chi connectivity index (χ3n) is 4.39. The Kier molecular flexibility index (Phi) is 11.2. The zero-order valence-electron chi connectivity index (χ0n) is 16.7. The molecule has 0 saturated carbocycles. The van der Waals surface area contributed by atoms with Gasteiger partial charge in [-0.25, -0.2) is 4.98 Å². The van der Waals surface area contributed by atoms with Crippen molar-refractivity contribution in [3.8, 4) is 0 Å². The van der Waals surface area contributed by atoms with Crippen LogP contribution in [0.1, 0.15) is 49.9 Å². The molecular formula is C18H32IN5O2S. The lowest BCUT2D eigenvalue weighted by molar-refractivity contribution is -0.127. The monoisotopic (exact) mass is 509 g/mol. The predicted octanol–water partition coefficient (Wildman–Crippen LogP) is 2.88. The van der Waals surface area contributed by atoms with E-state index in [4.69, 9.17) is 9.73 Å². The fraction of sp³-hybridized carbons (Fsp3) is 0.722. The number of rotatable bonds is 9. The molecule has 1 aromatic heterocycles. The minimum Gasteiger partial charge on any atom is -0.375 e. The van der Waals surface area contributed by atoms with Gasteiger partial charge < -0.3 is 19.9 Å². The van der Waals surface area contributed by atoms with Gasteiger partial charge in [-0.3, -0.25) is 9.79 Å². The summed E-state index contributed by atoms with van der Waals surface area (Å²) >= 11 is 1.62. The first-order chi connectivity index (χ1) is 12.5. The lowest BCUT2D eigenvalue weighted by Gasteiger charge is -2.21. The molecule has 27 heavy (non-hydrogen) atoms. The van der Waals surface area contributed by atoms with Crippen molar-refractivity contribution in [3.63, 3.8) is 0 Å². The molecule has 9 heteroatoms. The summed E-state index contributed by atoms with van der Waals surface area (Å²) in [5.41, 5.74) is 1.02. The van der Waals surface area contributed by atoms with E-state index in [0.717, 1.165) is 49.1 Å². The Bertz CT molecular complexity index is 610. The first-order valence-electron chi connectivity index (χ1n) is 9.29. The van der Waals surface area contributed by atoms with E-state index >= 15 is 0 Å². The van der Waals surface area contributed by atoms with Crippen LogP contribution in [-0.4, -0.2) is 67.0 Å². The highest BCUT2D eigenvalue weighted by Gasteiger charge is 2.19. The Labute approximate surface area is 183 Å². The van der Waals surface area contributed by atoms with Crippen LogP contribution in [0.25, 0.3) is 0 Å². The lowest BCUT2D eigenvalue weighted by atomic mass is 10.4. The maximum absolute atomic E-state index is 11.6. The van der Waals surface area contributed by atoms with Crippen LogP contribution in [0.2, 0.25) is 0 Å². The van der Waals surface area contributed by atoms with Gasteiger partial charge in [-0.05, 0) is 26.7 Å². The van der Waals surface area contributed by atoms with Crippen molar-refractivity contribution in [1.82, 2.24) is 20.1 Å². The molecule has 0 radical (unpaired) electrons. The van der Waals surface area contributed by atoms with Crippen LogP contribution < -0.4 is 5.32 Å². The SMILES string of the molecule is CCNC(=NCCCN1CCCC1=O)N(C)Cc1csc(C(C)OC)n1.I. The van der Waals surface area contributed by atoms with Gasteiger partial charge in [-0.2, -0.15) is 0 Å². The Balaban J connectivity index is 0.00000364. The maximum atomic E-state index is 11.6. The summed E-state index contributed by atoms with van der Waals surface area (Å²) in [6, 6.07) is 0. The van der Waals surface area contributed by atoms with E-state index < -0.39 is 0 Å². The molecule has 1 atom stereocenters. The number of likely N-dealkylation sites (tertiary alicyclic amines) is 1. The number of carbonyl (C=O) groups excluding carboxylic acids is 1. The smallest absolute Gasteiger partial charge is 0.222 e. The highest BCUT2D eigenvalue weighted by molar-refractivity contribution is 14.0. The third-order valence-corrected chi connectivity index (χ3v) is 5.44. The third kappa shape index (κ3) is 7.53. The molecule has 0 bridgehead atoms. The molecule has 2 rings (SSSR count). The Morgan fingerprint density at radius 2 is 2.33 bits per heavy atom. The topological polar surface area (TPSA) is 70.1 Å². The molecule has 2 heterocycles. The molecule has 1 amide bonds. The van der Waals surface area contributed by atoms with Gasteiger partial charge in [0.05, 0.1) is 12.2 Å². The van der Waals surface area contributed by atoms with Gasteiger partial charge in [0.15, 0.2) is 5.96 Å². The second kappa shape index (κ2) is 12.5. The first-order valence-corrected chi connectivity index (χ1v) is 10.2. The molecule has 1 aliphatic heterocycles. The summed E-state index contributed by atoms with van der Waals surface area (Å²) in [7, 11) is 3.72. The van der Waals surface area contributed by atoms with E-state index in [2.05, 4.69) is 27.5 Å². The molecule has 0 aromatic carbocycles. The summed E-state index contributed by atoms with van der Waals surface area (Å²) in [5.74, 6) is 1.15. The van der Waals surface area contributed by atoms with Gasteiger partial charge in [-0.1, -0.05) is 0 Å². The van der Waals surface area contributed by atoms with Crippen molar-refractivity contribution < 1.29 is 9.53 Å².